The van der Waals surface area contributed by atoms with Crippen molar-refractivity contribution in [3.8, 4) is 0 Å². The molecule has 1 aromatic heterocycles. The molecule has 1 heterocycles. The molecule has 3 heteroatoms. The topological polar surface area (TPSA) is 31.2 Å². The smallest absolute Gasteiger partial charge is 0.418 e. The molecule has 62 valence electrons. The second-order valence-electron chi connectivity index (χ2n) is 2.12. The molecule has 3 nitrogen and oxygen atoms in total. The van der Waals surface area contributed by atoms with Gasteiger partial charge in [-0.1, -0.05) is 6.58 Å². The van der Waals surface area contributed by atoms with E-state index in [1.54, 1.807) is 24.4 Å². The molecule has 0 aliphatic heterocycles. The summed E-state index contributed by atoms with van der Waals surface area (Å²) in [7, 11) is 1.34. The molecule has 0 aliphatic rings. The number of aromatic nitrogens is 1. The van der Waals surface area contributed by atoms with Crippen LogP contribution in [-0.2, 0) is 4.74 Å². The van der Waals surface area contributed by atoms with E-state index >= 15 is 0 Å². The Morgan fingerprint density at radius 2 is 2.58 bits per heavy atom. The molecule has 0 aromatic carbocycles. The van der Waals surface area contributed by atoms with E-state index in [1.807, 2.05) is 0 Å². The van der Waals surface area contributed by atoms with E-state index in [4.69, 9.17) is 0 Å². The van der Waals surface area contributed by atoms with Gasteiger partial charge in [0, 0.05) is 12.3 Å². The molecule has 0 aliphatic carbocycles. The minimum absolute atomic E-state index is 0.415. The molecule has 0 N–H and O–H groups in total. The number of hydrogen-bond donors (Lipinski definition) is 0. The van der Waals surface area contributed by atoms with Gasteiger partial charge in [0.25, 0.3) is 0 Å². The summed E-state index contributed by atoms with van der Waals surface area (Å²) in [6.07, 6.45) is 2.81. The van der Waals surface area contributed by atoms with E-state index in [-0.39, 0.29) is 0 Å². The quantitative estimate of drug-likeness (QED) is 0.592. The van der Waals surface area contributed by atoms with Crippen LogP contribution in [0.15, 0.2) is 30.6 Å². The largest absolute Gasteiger partial charge is 0.452 e. The molecular weight excluding hydrogens is 154 g/mol. The van der Waals surface area contributed by atoms with Crippen LogP contribution in [0.1, 0.15) is 5.69 Å². The van der Waals surface area contributed by atoms with Crippen LogP contribution in [0.5, 0.6) is 0 Å². The molecule has 1 aromatic rings. The van der Waals surface area contributed by atoms with Crippen LogP contribution in [-0.4, -0.2) is 17.8 Å². The lowest BCUT2D eigenvalue weighted by Gasteiger charge is -2.00. The lowest BCUT2D eigenvalue weighted by molar-refractivity contribution is 0.173. The highest BCUT2D eigenvalue weighted by molar-refractivity contribution is 5.74. The summed E-state index contributed by atoms with van der Waals surface area (Å²) in [5.41, 5.74) is 3.29. The minimum Gasteiger partial charge on any atom is -0.452 e. The third kappa shape index (κ3) is 1.47. The maximum atomic E-state index is 11.0. The minimum atomic E-state index is -0.415. The molecule has 0 saturated heterocycles. The van der Waals surface area contributed by atoms with Gasteiger partial charge in [-0.05, 0) is 12.1 Å². The van der Waals surface area contributed by atoms with Gasteiger partial charge in [-0.25, -0.2) is 4.79 Å². The average molecular weight is 163 g/mol. The van der Waals surface area contributed by atoms with E-state index in [0.29, 0.717) is 5.69 Å². The average Bonchev–Trinajstić information content (AvgIpc) is 2.52. The van der Waals surface area contributed by atoms with Gasteiger partial charge in [0.1, 0.15) is 0 Å². The van der Waals surface area contributed by atoms with E-state index < -0.39 is 6.09 Å². The molecule has 0 radical (unpaired) electrons. The highest BCUT2D eigenvalue weighted by Crippen LogP contribution is 2.04. The Morgan fingerprint density at radius 3 is 3.17 bits per heavy atom. The van der Waals surface area contributed by atoms with Gasteiger partial charge in [-0.3, -0.25) is 4.57 Å². The first-order chi connectivity index (χ1) is 5.79. The lowest BCUT2D eigenvalue weighted by atomic mass is 10.4. The van der Waals surface area contributed by atoms with Gasteiger partial charge in [0.2, 0.25) is 0 Å². The van der Waals surface area contributed by atoms with Crippen molar-refractivity contribution in [3.05, 3.63) is 36.3 Å². The van der Waals surface area contributed by atoms with Crippen molar-refractivity contribution in [1.82, 2.24) is 4.57 Å². The zero-order valence-electron chi connectivity index (χ0n) is 6.78. The third-order valence-electron chi connectivity index (χ3n) is 1.40. The second-order valence-corrected chi connectivity index (χ2v) is 2.12. The maximum absolute atomic E-state index is 11.0. The van der Waals surface area contributed by atoms with Crippen molar-refractivity contribution >= 4 is 12.2 Å². The number of methoxy groups -OCH3 is 1. The van der Waals surface area contributed by atoms with Crippen LogP contribution in [0.2, 0.25) is 0 Å². The van der Waals surface area contributed by atoms with Gasteiger partial charge in [-0.2, -0.15) is 0 Å². The van der Waals surface area contributed by atoms with Crippen molar-refractivity contribution in [1.29, 1.82) is 0 Å². The van der Waals surface area contributed by atoms with Crippen LogP contribution in [0, 0.1) is 0 Å². The molecule has 1 rings (SSSR count). The van der Waals surface area contributed by atoms with Crippen molar-refractivity contribution in [3.63, 3.8) is 0 Å². The standard InChI is InChI=1S/C9H9NO2/c1-3-5-8-6-4-7-10(8)9(11)12-2/h4-7H,1H2,2H3. The Morgan fingerprint density at radius 1 is 1.83 bits per heavy atom. The summed E-state index contributed by atoms with van der Waals surface area (Å²) >= 11 is 0. The number of hydrogen-bond acceptors (Lipinski definition) is 2. The van der Waals surface area contributed by atoms with Crippen LogP contribution in [0.4, 0.5) is 4.79 Å². The fourth-order valence-electron chi connectivity index (χ4n) is 0.881. The fraction of sp³-hybridized carbons (Fsp3) is 0.111. The zero-order chi connectivity index (χ0) is 8.97. The zero-order valence-corrected chi connectivity index (χ0v) is 6.78. The number of ether oxygens (including phenoxy) is 1. The third-order valence-corrected chi connectivity index (χ3v) is 1.40. The monoisotopic (exact) mass is 163 g/mol. The van der Waals surface area contributed by atoms with E-state index in [0.717, 1.165) is 0 Å². The SMILES string of the molecule is C=C=Cc1cccn1C(=O)OC. The molecular formula is C9H9NO2. The van der Waals surface area contributed by atoms with Crippen LogP contribution in [0.3, 0.4) is 0 Å². The molecule has 0 amide bonds. The Bertz CT molecular complexity index is 332. The molecule has 0 bridgehead atoms. The van der Waals surface area contributed by atoms with E-state index in [9.17, 15) is 4.79 Å². The molecule has 0 unspecified atom stereocenters. The van der Waals surface area contributed by atoms with Gasteiger partial charge in [-0.15, -0.1) is 5.73 Å². The first kappa shape index (κ1) is 8.37. The second kappa shape index (κ2) is 3.60. The van der Waals surface area contributed by atoms with Crippen LogP contribution < -0.4 is 0 Å². The molecule has 0 saturated carbocycles. The Kier molecular flexibility index (Phi) is 2.51. The highest BCUT2D eigenvalue weighted by Gasteiger charge is 2.05. The van der Waals surface area contributed by atoms with Gasteiger partial charge in [0.15, 0.2) is 0 Å². The molecule has 0 atom stereocenters. The maximum Gasteiger partial charge on any atom is 0.418 e. The molecule has 0 fully saturated rings. The van der Waals surface area contributed by atoms with Crippen LogP contribution >= 0.6 is 0 Å². The lowest BCUT2D eigenvalue weighted by Crippen LogP contribution is -2.11. The van der Waals surface area contributed by atoms with Gasteiger partial charge in [0.05, 0.1) is 12.8 Å². The van der Waals surface area contributed by atoms with Crippen molar-refractivity contribution in [2.45, 2.75) is 0 Å². The van der Waals surface area contributed by atoms with Gasteiger partial charge < -0.3 is 4.74 Å². The normalized spacial score (nSPS) is 8.75. The number of carbonyl (C=O) groups excluding carboxylic acids is 1. The van der Waals surface area contributed by atoms with E-state index in [1.165, 1.54) is 11.7 Å². The summed E-state index contributed by atoms with van der Waals surface area (Å²) in [5, 5.41) is 0. The van der Waals surface area contributed by atoms with Crippen LogP contribution in [0.25, 0.3) is 6.08 Å². The Hall–Kier alpha value is -1.73. The predicted molar refractivity (Wildman–Crippen MR) is 45.8 cm³/mol. The number of nitrogens with zero attached hydrogens (tertiary/aromatic N) is 1. The first-order valence-corrected chi connectivity index (χ1v) is 3.41. The molecule has 12 heavy (non-hydrogen) atoms. The van der Waals surface area contributed by atoms with Crippen molar-refractivity contribution in [2.75, 3.05) is 7.11 Å². The first-order valence-electron chi connectivity index (χ1n) is 3.41. The van der Waals surface area contributed by atoms with E-state index in [2.05, 4.69) is 17.0 Å². The summed E-state index contributed by atoms with van der Waals surface area (Å²) in [4.78, 5) is 11.0. The fourth-order valence-corrected chi connectivity index (χ4v) is 0.881. The summed E-state index contributed by atoms with van der Waals surface area (Å²) < 4.78 is 5.91. The van der Waals surface area contributed by atoms with Crippen molar-refractivity contribution < 1.29 is 9.53 Å². The number of rotatable bonds is 1. The summed E-state index contributed by atoms with van der Waals surface area (Å²) in [6, 6.07) is 3.52. The summed E-state index contributed by atoms with van der Waals surface area (Å²) in [6.45, 7) is 3.42. The summed E-state index contributed by atoms with van der Waals surface area (Å²) in [5.74, 6) is 0. The number of carbonyl (C=O) groups is 1. The Balaban J connectivity index is 3.06. The predicted octanol–water partition coefficient (Wildman–Crippen LogP) is 1.90. The highest BCUT2D eigenvalue weighted by atomic mass is 16.5. The van der Waals surface area contributed by atoms with Gasteiger partial charge >= 0.3 is 6.09 Å². The molecule has 0 spiro atoms. The Labute approximate surface area is 70.6 Å². The van der Waals surface area contributed by atoms with Crippen molar-refractivity contribution in [2.24, 2.45) is 0 Å².